The van der Waals surface area contributed by atoms with Crippen LogP contribution in [-0.2, 0) is 6.42 Å². The van der Waals surface area contributed by atoms with Crippen molar-refractivity contribution in [1.29, 1.82) is 0 Å². The van der Waals surface area contributed by atoms with Crippen LogP contribution in [0.1, 0.15) is 26.0 Å². The molecular weight excluding hydrogens is 188 g/mol. The molecule has 0 aromatic carbocycles. The van der Waals surface area contributed by atoms with Crippen molar-refractivity contribution in [2.24, 2.45) is 0 Å². The predicted octanol–water partition coefficient (Wildman–Crippen LogP) is 1.93. The summed E-state index contributed by atoms with van der Waals surface area (Å²) in [6.07, 6.45) is 2.03. The Morgan fingerprint density at radius 1 is 1.27 bits per heavy atom. The van der Waals surface area contributed by atoms with Gasteiger partial charge in [-0.1, -0.05) is 13.8 Å². The first kappa shape index (κ1) is 11.8. The molecule has 0 radical (unpaired) electrons. The molecule has 0 atom stereocenters. The zero-order valence-corrected chi connectivity index (χ0v) is 10.0. The Balaban J connectivity index is 2.90. The molecule has 0 aliphatic rings. The van der Waals surface area contributed by atoms with Gasteiger partial charge in [-0.15, -0.1) is 0 Å². The second kappa shape index (κ2) is 5.53. The van der Waals surface area contributed by atoms with Gasteiger partial charge in [0.15, 0.2) is 0 Å². The molecule has 0 fully saturated rings. The lowest BCUT2D eigenvalue weighted by Gasteiger charge is -2.13. The molecule has 1 aromatic rings. The highest BCUT2D eigenvalue weighted by Gasteiger charge is 2.04. The van der Waals surface area contributed by atoms with Crippen LogP contribution in [0.4, 0.5) is 11.8 Å². The molecular formula is C11H20N4. The average Bonchev–Trinajstić information content (AvgIpc) is 2.25. The molecule has 0 unspecified atom stereocenters. The minimum absolute atomic E-state index is 0.771. The molecule has 15 heavy (non-hydrogen) atoms. The Morgan fingerprint density at radius 3 is 2.53 bits per heavy atom. The van der Waals surface area contributed by atoms with Crippen LogP contribution in [0.3, 0.4) is 0 Å². The van der Waals surface area contributed by atoms with Crippen LogP contribution < -0.4 is 10.2 Å². The van der Waals surface area contributed by atoms with Gasteiger partial charge in [-0.3, -0.25) is 0 Å². The van der Waals surface area contributed by atoms with Gasteiger partial charge in [0.25, 0.3) is 0 Å². The van der Waals surface area contributed by atoms with E-state index in [0.717, 1.165) is 36.8 Å². The van der Waals surface area contributed by atoms with Crippen molar-refractivity contribution < 1.29 is 0 Å². The molecule has 0 saturated carbocycles. The minimum atomic E-state index is 0.771. The maximum atomic E-state index is 4.43. The van der Waals surface area contributed by atoms with Crippen LogP contribution in [0.5, 0.6) is 0 Å². The molecule has 1 aromatic heterocycles. The molecule has 0 aliphatic carbocycles. The first-order chi connectivity index (χ1) is 7.17. The zero-order chi connectivity index (χ0) is 11.3. The van der Waals surface area contributed by atoms with Crippen molar-refractivity contribution in [2.75, 3.05) is 30.9 Å². The third-order valence-corrected chi connectivity index (χ3v) is 2.09. The second-order valence-electron chi connectivity index (χ2n) is 3.72. The van der Waals surface area contributed by atoms with Crippen LogP contribution in [-0.4, -0.2) is 30.6 Å². The maximum absolute atomic E-state index is 4.43. The largest absolute Gasteiger partial charge is 0.370 e. The summed E-state index contributed by atoms with van der Waals surface area (Å²) in [5.74, 6) is 1.69. The quantitative estimate of drug-likeness (QED) is 0.802. The molecule has 84 valence electrons. The van der Waals surface area contributed by atoms with Gasteiger partial charge in [0.2, 0.25) is 5.95 Å². The minimum Gasteiger partial charge on any atom is -0.370 e. The lowest BCUT2D eigenvalue weighted by Crippen LogP contribution is -2.15. The highest BCUT2D eigenvalue weighted by molar-refractivity contribution is 5.43. The third kappa shape index (κ3) is 3.38. The van der Waals surface area contributed by atoms with Gasteiger partial charge >= 0.3 is 0 Å². The topological polar surface area (TPSA) is 41.1 Å². The fourth-order valence-electron chi connectivity index (χ4n) is 1.21. The van der Waals surface area contributed by atoms with Gasteiger partial charge in [-0.25, -0.2) is 4.98 Å². The Hall–Kier alpha value is -1.32. The number of rotatable bonds is 5. The summed E-state index contributed by atoms with van der Waals surface area (Å²) in [7, 11) is 3.91. The fraction of sp³-hybridized carbons (Fsp3) is 0.636. The molecule has 4 nitrogen and oxygen atoms in total. The summed E-state index contributed by atoms with van der Waals surface area (Å²) in [4.78, 5) is 10.8. The SMILES string of the molecule is CCCNc1cc(CC)nc(N(C)C)n1. The molecule has 0 saturated heterocycles. The van der Waals surface area contributed by atoms with Crippen molar-refractivity contribution >= 4 is 11.8 Å². The van der Waals surface area contributed by atoms with Crippen molar-refractivity contribution in [3.63, 3.8) is 0 Å². The van der Waals surface area contributed by atoms with E-state index in [0.29, 0.717) is 0 Å². The van der Waals surface area contributed by atoms with E-state index in [4.69, 9.17) is 0 Å². The van der Waals surface area contributed by atoms with E-state index >= 15 is 0 Å². The second-order valence-corrected chi connectivity index (χ2v) is 3.72. The summed E-state index contributed by atoms with van der Waals surface area (Å²) in [5.41, 5.74) is 1.08. The summed E-state index contributed by atoms with van der Waals surface area (Å²) in [5, 5.41) is 3.29. The van der Waals surface area contributed by atoms with E-state index in [1.165, 1.54) is 0 Å². The number of anilines is 2. The van der Waals surface area contributed by atoms with E-state index in [9.17, 15) is 0 Å². The van der Waals surface area contributed by atoms with E-state index in [1.54, 1.807) is 0 Å². The van der Waals surface area contributed by atoms with Crippen LogP contribution in [0, 0.1) is 0 Å². The summed E-state index contributed by atoms with van der Waals surface area (Å²) >= 11 is 0. The molecule has 0 bridgehead atoms. The smallest absolute Gasteiger partial charge is 0.226 e. The Labute approximate surface area is 91.7 Å². The predicted molar refractivity (Wildman–Crippen MR) is 64.5 cm³/mol. The normalized spacial score (nSPS) is 10.1. The van der Waals surface area contributed by atoms with E-state index < -0.39 is 0 Å². The number of aryl methyl sites for hydroxylation is 1. The van der Waals surface area contributed by atoms with E-state index in [-0.39, 0.29) is 0 Å². The molecule has 1 heterocycles. The van der Waals surface area contributed by atoms with Gasteiger partial charge < -0.3 is 10.2 Å². The monoisotopic (exact) mass is 208 g/mol. The number of hydrogen-bond donors (Lipinski definition) is 1. The van der Waals surface area contributed by atoms with Crippen LogP contribution in [0.2, 0.25) is 0 Å². The standard InChI is InChI=1S/C11H20N4/c1-5-7-12-10-8-9(6-2)13-11(14-10)15(3)4/h8H,5-7H2,1-4H3,(H,12,13,14). The number of hydrogen-bond acceptors (Lipinski definition) is 4. The number of nitrogens with zero attached hydrogens (tertiary/aromatic N) is 3. The lowest BCUT2D eigenvalue weighted by molar-refractivity contribution is 0.920. The number of aromatic nitrogens is 2. The van der Waals surface area contributed by atoms with Crippen molar-refractivity contribution in [3.8, 4) is 0 Å². The molecule has 0 aliphatic heterocycles. The average molecular weight is 208 g/mol. The Bertz CT molecular complexity index is 309. The summed E-state index contributed by atoms with van der Waals surface area (Å²) in [6.45, 7) is 5.19. The van der Waals surface area contributed by atoms with Crippen LogP contribution in [0.15, 0.2) is 6.07 Å². The van der Waals surface area contributed by atoms with E-state index in [1.807, 2.05) is 25.1 Å². The van der Waals surface area contributed by atoms with Crippen LogP contribution in [0.25, 0.3) is 0 Å². The van der Waals surface area contributed by atoms with Crippen LogP contribution >= 0.6 is 0 Å². The molecule has 4 heteroatoms. The Kier molecular flexibility index (Phi) is 4.34. The molecule has 1 N–H and O–H groups in total. The van der Waals surface area contributed by atoms with E-state index in [2.05, 4.69) is 29.1 Å². The lowest BCUT2D eigenvalue weighted by atomic mass is 10.3. The maximum Gasteiger partial charge on any atom is 0.226 e. The van der Waals surface area contributed by atoms with Gasteiger partial charge in [0, 0.05) is 32.4 Å². The Morgan fingerprint density at radius 2 is 2.00 bits per heavy atom. The van der Waals surface area contributed by atoms with Gasteiger partial charge in [0.05, 0.1) is 0 Å². The first-order valence-electron chi connectivity index (χ1n) is 5.46. The highest BCUT2D eigenvalue weighted by Crippen LogP contribution is 2.12. The fourth-order valence-corrected chi connectivity index (χ4v) is 1.21. The van der Waals surface area contributed by atoms with Gasteiger partial charge in [-0.05, 0) is 12.8 Å². The molecule has 0 amide bonds. The highest BCUT2D eigenvalue weighted by atomic mass is 15.2. The number of nitrogens with one attached hydrogen (secondary N) is 1. The molecule has 1 rings (SSSR count). The van der Waals surface area contributed by atoms with Gasteiger partial charge in [0.1, 0.15) is 5.82 Å². The zero-order valence-electron chi connectivity index (χ0n) is 10.0. The van der Waals surface area contributed by atoms with Crippen molar-refractivity contribution in [3.05, 3.63) is 11.8 Å². The summed E-state index contributed by atoms with van der Waals surface area (Å²) in [6, 6.07) is 2.02. The summed E-state index contributed by atoms with van der Waals surface area (Å²) < 4.78 is 0. The molecule has 0 spiro atoms. The third-order valence-electron chi connectivity index (χ3n) is 2.09. The van der Waals surface area contributed by atoms with Crippen molar-refractivity contribution in [2.45, 2.75) is 26.7 Å². The first-order valence-corrected chi connectivity index (χ1v) is 5.46. The van der Waals surface area contributed by atoms with Gasteiger partial charge in [-0.2, -0.15) is 4.98 Å². The van der Waals surface area contributed by atoms with Crippen molar-refractivity contribution in [1.82, 2.24) is 9.97 Å².